The fourth-order valence-electron chi connectivity index (χ4n) is 1.77. The molecule has 1 heterocycles. The summed E-state index contributed by atoms with van der Waals surface area (Å²) in [6, 6.07) is 5.87. The molecule has 92 valence electrons. The molecule has 4 nitrogen and oxygen atoms in total. The molecule has 1 amide bonds. The van der Waals surface area contributed by atoms with Crippen molar-refractivity contribution in [2.45, 2.75) is 13.8 Å². The van der Waals surface area contributed by atoms with E-state index in [0.29, 0.717) is 19.8 Å². The molecule has 0 aromatic heterocycles. The third-order valence-corrected chi connectivity index (χ3v) is 3.39. The summed E-state index contributed by atoms with van der Waals surface area (Å²) in [6.45, 7) is 5.22. The third-order valence-electron chi connectivity index (χ3n) is 3.39. The van der Waals surface area contributed by atoms with E-state index in [1.54, 1.807) is 0 Å². The predicted molar refractivity (Wildman–Crippen MR) is 66.9 cm³/mol. The minimum atomic E-state index is -0.529. The van der Waals surface area contributed by atoms with Gasteiger partial charge in [0, 0.05) is 12.2 Å². The highest BCUT2D eigenvalue weighted by atomic mass is 16.5. The van der Waals surface area contributed by atoms with Crippen molar-refractivity contribution >= 4 is 11.6 Å². The van der Waals surface area contributed by atoms with Crippen LogP contribution < -0.4 is 11.1 Å². The van der Waals surface area contributed by atoms with Crippen LogP contribution in [-0.4, -0.2) is 25.7 Å². The molecular weight excluding hydrogens is 216 g/mol. The Morgan fingerprint density at radius 1 is 1.41 bits per heavy atom. The summed E-state index contributed by atoms with van der Waals surface area (Å²) in [5.41, 5.74) is 8.30. The fraction of sp³-hybridized carbons (Fsp3) is 0.462. The molecule has 0 unspecified atom stereocenters. The number of ether oxygens (including phenoxy) is 1. The van der Waals surface area contributed by atoms with Gasteiger partial charge in [0.15, 0.2) is 0 Å². The summed E-state index contributed by atoms with van der Waals surface area (Å²) in [5.74, 6) is -0.0468. The smallest absolute Gasteiger partial charge is 0.236 e. The van der Waals surface area contributed by atoms with Crippen LogP contribution in [0.2, 0.25) is 0 Å². The lowest BCUT2D eigenvalue weighted by Crippen LogP contribution is -2.56. The Morgan fingerprint density at radius 3 is 2.59 bits per heavy atom. The van der Waals surface area contributed by atoms with E-state index in [9.17, 15) is 4.79 Å². The summed E-state index contributed by atoms with van der Waals surface area (Å²) >= 11 is 0. The quantitative estimate of drug-likeness (QED) is 0.826. The highest BCUT2D eigenvalue weighted by Crippen LogP contribution is 2.28. The second kappa shape index (κ2) is 4.47. The number of amides is 1. The highest BCUT2D eigenvalue weighted by molar-refractivity contribution is 5.96. The molecule has 1 saturated heterocycles. The number of hydrogen-bond acceptors (Lipinski definition) is 3. The van der Waals surface area contributed by atoms with Crippen LogP contribution in [0.15, 0.2) is 18.2 Å². The molecule has 1 aromatic carbocycles. The van der Waals surface area contributed by atoms with E-state index in [0.717, 1.165) is 11.3 Å². The van der Waals surface area contributed by atoms with Gasteiger partial charge < -0.3 is 15.8 Å². The van der Waals surface area contributed by atoms with Gasteiger partial charge in [-0.3, -0.25) is 4.79 Å². The van der Waals surface area contributed by atoms with Gasteiger partial charge >= 0.3 is 0 Å². The number of hydrogen-bond donors (Lipinski definition) is 2. The molecule has 2 rings (SSSR count). The van der Waals surface area contributed by atoms with Crippen LogP contribution >= 0.6 is 0 Å². The molecule has 1 aromatic rings. The molecule has 0 aliphatic carbocycles. The lowest BCUT2D eigenvalue weighted by atomic mass is 9.85. The van der Waals surface area contributed by atoms with Crippen molar-refractivity contribution < 1.29 is 9.53 Å². The van der Waals surface area contributed by atoms with Crippen molar-refractivity contribution in [3.05, 3.63) is 29.3 Å². The molecule has 4 heteroatoms. The minimum absolute atomic E-state index is 0.0468. The Kier molecular flexibility index (Phi) is 3.17. The van der Waals surface area contributed by atoms with Crippen LogP contribution in [0.3, 0.4) is 0 Å². The number of nitrogens with one attached hydrogen (secondary N) is 1. The van der Waals surface area contributed by atoms with Crippen LogP contribution in [0.4, 0.5) is 5.69 Å². The topological polar surface area (TPSA) is 64.4 Å². The fourth-order valence-corrected chi connectivity index (χ4v) is 1.77. The maximum absolute atomic E-state index is 12.1. The number of carbonyl (C=O) groups excluding carboxylic acids is 1. The molecule has 0 spiro atoms. The molecule has 1 aliphatic heterocycles. The number of aryl methyl sites for hydroxylation is 2. The molecule has 0 saturated carbocycles. The number of nitrogens with two attached hydrogens (primary N) is 1. The van der Waals surface area contributed by atoms with E-state index in [1.807, 2.05) is 32.0 Å². The average Bonchev–Trinajstić information content (AvgIpc) is 2.23. The maximum Gasteiger partial charge on any atom is 0.236 e. The molecule has 0 atom stereocenters. The van der Waals surface area contributed by atoms with Gasteiger partial charge in [-0.05, 0) is 37.1 Å². The Hall–Kier alpha value is -1.39. The van der Waals surface area contributed by atoms with Gasteiger partial charge in [-0.1, -0.05) is 6.07 Å². The second-order valence-corrected chi connectivity index (χ2v) is 4.73. The largest absolute Gasteiger partial charge is 0.379 e. The first-order valence-electron chi connectivity index (χ1n) is 5.74. The molecule has 3 N–H and O–H groups in total. The predicted octanol–water partition coefficient (Wildman–Crippen LogP) is 1.22. The van der Waals surface area contributed by atoms with Gasteiger partial charge in [-0.15, -0.1) is 0 Å². The summed E-state index contributed by atoms with van der Waals surface area (Å²) < 4.78 is 5.09. The Balaban J connectivity index is 2.10. The number of anilines is 1. The van der Waals surface area contributed by atoms with E-state index in [4.69, 9.17) is 10.5 Å². The summed E-state index contributed by atoms with van der Waals surface area (Å²) in [7, 11) is 0. The van der Waals surface area contributed by atoms with Gasteiger partial charge in [0.1, 0.15) is 5.41 Å². The van der Waals surface area contributed by atoms with Crippen molar-refractivity contribution in [3.8, 4) is 0 Å². The summed E-state index contributed by atoms with van der Waals surface area (Å²) in [5, 5.41) is 2.90. The Labute approximate surface area is 101 Å². The van der Waals surface area contributed by atoms with Crippen LogP contribution in [0.25, 0.3) is 0 Å². The first-order chi connectivity index (χ1) is 8.07. The van der Waals surface area contributed by atoms with E-state index < -0.39 is 5.41 Å². The standard InChI is InChI=1S/C13H18N2O2/c1-9-3-4-11(5-10(9)2)15-12(16)13(6-14)7-17-8-13/h3-5H,6-8,14H2,1-2H3,(H,15,16). The minimum Gasteiger partial charge on any atom is -0.379 e. The van der Waals surface area contributed by atoms with Crippen LogP contribution in [0.5, 0.6) is 0 Å². The first kappa shape index (κ1) is 12.1. The Morgan fingerprint density at radius 2 is 2.12 bits per heavy atom. The van der Waals surface area contributed by atoms with Crippen LogP contribution in [0, 0.1) is 19.3 Å². The van der Waals surface area contributed by atoms with Crippen molar-refractivity contribution in [2.75, 3.05) is 25.1 Å². The molecule has 0 radical (unpaired) electrons. The molecule has 1 fully saturated rings. The van der Waals surface area contributed by atoms with E-state index >= 15 is 0 Å². The van der Waals surface area contributed by atoms with E-state index in [-0.39, 0.29) is 5.91 Å². The molecular formula is C13H18N2O2. The first-order valence-corrected chi connectivity index (χ1v) is 5.74. The summed E-state index contributed by atoms with van der Waals surface area (Å²) in [6.07, 6.45) is 0. The molecule has 0 bridgehead atoms. The van der Waals surface area contributed by atoms with Crippen molar-refractivity contribution in [2.24, 2.45) is 11.1 Å². The van der Waals surface area contributed by atoms with Crippen molar-refractivity contribution in [1.29, 1.82) is 0 Å². The van der Waals surface area contributed by atoms with E-state index in [2.05, 4.69) is 5.32 Å². The lowest BCUT2D eigenvalue weighted by Gasteiger charge is -2.38. The van der Waals surface area contributed by atoms with Gasteiger partial charge in [-0.2, -0.15) is 0 Å². The maximum atomic E-state index is 12.1. The van der Waals surface area contributed by atoms with Crippen molar-refractivity contribution in [3.63, 3.8) is 0 Å². The zero-order valence-electron chi connectivity index (χ0n) is 10.2. The normalized spacial score (nSPS) is 17.4. The number of rotatable bonds is 3. The van der Waals surface area contributed by atoms with Crippen molar-refractivity contribution in [1.82, 2.24) is 0 Å². The van der Waals surface area contributed by atoms with Crippen LogP contribution in [-0.2, 0) is 9.53 Å². The Bertz CT molecular complexity index is 434. The van der Waals surface area contributed by atoms with E-state index in [1.165, 1.54) is 5.56 Å². The number of benzene rings is 1. The van der Waals surface area contributed by atoms with Gasteiger partial charge in [0.25, 0.3) is 0 Å². The monoisotopic (exact) mass is 234 g/mol. The SMILES string of the molecule is Cc1ccc(NC(=O)C2(CN)COC2)cc1C. The average molecular weight is 234 g/mol. The van der Waals surface area contributed by atoms with Gasteiger partial charge in [-0.25, -0.2) is 0 Å². The zero-order chi connectivity index (χ0) is 12.5. The summed E-state index contributed by atoms with van der Waals surface area (Å²) in [4.78, 5) is 12.1. The van der Waals surface area contributed by atoms with Gasteiger partial charge in [0.2, 0.25) is 5.91 Å². The van der Waals surface area contributed by atoms with Crippen LogP contribution in [0.1, 0.15) is 11.1 Å². The highest BCUT2D eigenvalue weighted by Gasteiger charge is 2.44. The molecule has 17 heavy (non-hydrogen) atoms. The third kappa shape index (κ3) is 2.18. The molecule has 1 aliphatic rings. The zero-order valence-corrected chi connectivity index (χ0v) is 10.2. The number of carbonyl (C=O) groups is 1. The van der Waals surface area contributed by atoms with Gasteiger partial charge in [0.05, 0.1) is 13.2 Å². The second-order valence-electron chi connectivity index (χ2n) is 4.73. The lowest BCUT2D eigenvalue weighted by molar-refractivity contribution is -0.153.